The van der Waals surface area contributed by atoms with E-state index < -0.39 is 12.1 Å². The van der Waals surface area contributed by atoms with Crippen LogP contribution in [0.5, 0.6) is 0 Å². The first-order valence-electron chi connectivity index (χ1n) is 3.42. The second kappa shape index (κ2) is 2.23. The number of carbonyl (C=O) groups is 1. The summed E-state index contributed by atoms with van der Waals surface area (Å²) in [5, 5.41) is 8.52. The van der Waals surface area contributed by atoms with Crippen molar-refractivity contribution in [3.63, 3.8) is 0 Å². The summed E-state index contributed by atoms with van der Waals surface area (Å²) in [6.07, 6.45) is 0.904. The summed E-state index contributed by atoms with van der Waals surface area (Å²) < 4.78 is 5.21. The molecule has 1 saturated heterocycles. The molecule has 10 heavy (non-hydrogen) atoms. The van der Waals surface area contributed by atoms with Gasteiger partial charge in [0.15, 0.2) is 6.10 Å². The molecule has 1 fully saturated rings. The Morgan fingerprint density at radius 2 is 2.30 bits per heavy atom. The molecule has 0 spiro atoms. The highest BCUT2D eigenvalue weighted by Crippen LogP contribution is 2.29. The minimum absolute atomic E-state index is 0.233. The third-order valence-electron chi connectivity index (χ3n) is 1.75. The van der Waals surface area contributed by atoms with Crippen LogP contribution in [-0.2, 0) is 9.53 Å². The maximum Gasteiger partial charge on any atom is 0.332 e. The van der Waals surface area contributed by atoms with Crippen molar-refractivity contribution in [3.05, 3.63) is 0 Å². The second-order valence-corrected chi connectivity index (χ2v) is 3.24. The topological polar surface area (TPSA) is 46.5 Å². The summed E-state index contributed by atoms with van der Waals surface area (Å²) in [7, 11) is 0. The number of aliphatic carboxylic acids is 1. The van der Waals surface area contributed by atoms with Crippen molar-refractivity contribution in [2.45, 2.75) is 38.4 Å². The zero-order chi connectivity index (χ0) is 7.78. The Hall–Kier alpha value is -0.570. The lowest BCUT2D eigenvalue weighted by Crippen LogP contribution is -2.25. The lowest BCUT2D eigenvalue weighted by Gasteiger charge is -2.16. The molecule has 0 aromatic carbocycles. The second-order valence-electron chi connectivity index (χ2n) is 3.24. The number of hydrogen-bond acceptors (Lipinski definition) is 2. The predicted octanol–water partition coefficient (Wildman–Crippen LogP) is 1.03. The normalized spacial score (nSPS) is 30.4. The van der Waals surface area contributed by atoms with Crippen molar-refractivity contribution in [1.82, 2.24) is 0 Å². The Bertz CT molecular complexity index is 151. The van der Waals surface area contributed by atoms with Gasteiger partial charge in [-0.1, -0.05) is 0 Å². The van der Waals surface area contributed by atoms with Crippen LogP contribution in [0.2, 0.25) is 0 Å². The van der Waals surface area contributed by atoms with Gasteiger partial charge in [0.2, 0.25) is 0 Å². The number of carboxylic acids is 1. The van der Waals surface area contributed by atoms with Crippen molar-refractivity contribution in [2.24, 2.45) is 0 Å². The Morgan fingerprint density at radius 1 is 1.70 bits per heavy atom. The largest absolute Gasteiger partial charge is 0.479 e. The Labute approximate surface area is 60.0 Å². The zero-order valence-electron chi connectivity index (χ0n) is 6.26. The molecule has 3 nitrogen and oxygen atoms in total. The molecule has 1 aliphatic rings. The molecule has 0 aliphatic carbocycles. The highest BCUT2D eigenvalue weighted by atomic mass is 16.5. The van der Waals surface area contributed by atoms with Crippen LogP contribution in [0.3, 0.4) is 0 Å². The van der Waals surface area contributed by atoms with E-state index >= 15 is 0 Å². The van der Waals surface area contributed by atoms with Crippen molar-refractivity contribution in [3.8, 4) is 0 Å². The SMILES string of the molecule is CC1(C)CCC(C(=O)O)O1. The van der Waals surface area contributed by atoms with Crippen molar-refractivity contribution in [2.75, 3.05) is 0 Å². The van der Waals surface area contributed by atoms with E-state index in [4.69, 9.17) is 9.84 Å². The average molecular weight is 144 g/mol. The van der Waals surface area contributed by atoms with Gasteiger partial charge in [0.05, 0.1) is 5.60 Å². The molecule has 0 aromatic heterocycles. The molecule has 1 rings (SSSR count). The van der Waals surface area contributed by atoms with Crippen molar-refractivity contribution in [1.29, 1.82) is 0 Å². The van der Waals surface area contributed by atoms with Crippen LogP contribution in [0, 0.1) is 0 Å². The van der Waals surface area contributed by atoms with E-state index in [0.29, 0.717) is 6.42 Å². The molecular formula is C7H12O3. The molecule has 1 unspecified atom stereocenters. The van der Waals surface area contributed by atoms with Gasteiger partial charge in [0.25, 0.3) is 0 Å². The molecule has 1 atom stereocenters. The van der Waals surface area contributed by atoms with Crippen molar-refractivity contribution >= 4 is 5.97 Å². The summed E-state index contributed by atoms with van der Waals surface area (Å²) in [6, 6.07) is 0. The summed E-state index contributed by atoms with van der Waals surface area (Å²) >= 11 is 0. The van der Waals surface area contributed by atoms with Crippen LogP contribution in [-0.4, -0.2) is 22.8 Å². The van der Waals surface area contributed by atoms with Gasteiger partial charge in [-0.05, 0) is 26.7 Å². The van der Waals surface area contributed by atoms with Gasteiger partial charge in [0.1, 0.15) is 0 Å². The molecule has 0 saturated carbocycles. The van der Waals surface area contributed by atoms with Gasteiger partial charge in [-0.25, -0.2) is 4.79 Å². The number of ether oxygens (including phenoxy) is 1. The summed E-state index contributed by atoms with van der Waals surface area (Å²) in [4.78, 5) is 10.4. The maximum atomic E-state index is 10.4. The number of carboxylic acid groups (broad SMARTS) is 1. The van der Waals surface area contributed by atoms with Gasteiger partial charge < -0.3 is 9.84 Å². The van der Waals surface area contributed by atoms with Crippen LogP contribution >= 0.6 is 0 Å². The lowest BCUT2D eigenvalue weighted by atomic mass is 10.1. The smallest absolute Gasteiger partial charge is 0.332 e. The van der Waals surface area contributed by atoms with Crippen LogP contribution in [0.25, 0.3) is 0 Å². The van der Waals surface area contributed by atoms with Gasteiger partial charge >= 0.3 is 5.97 Å². The third-order valence-corrected chi connectivity index (χ3v) is 1.75. The molecule has 0 bridgehead atoms. The zero-order valence-corrected chi connectivity index (χ0v) is 6.26. The van der Waals surface area contributed by atoms with E-state index in [1.54, 1.807) is 0 Å². The highest BCUT2D eigenvalue weighted by Gasteiger charge is 2.35. The fraction of sp³-hybridized carbons (Fsp3) is 0.857. The van der Waals surface area contributed by atoms with Gasteiger partial charge in [-0.15, -0.1) is 0 Å². The summed E-state index contributed by atoms with van der Waals surface area (Å²) in [6.45, 7) is 3.83. The Morgan fingerprint density at radius 3 is 2.50 bits per heavy atom. The fourth-order valence-corrected chi connectivity index (χ4v) is 1.16. The van der Waals surface area contributed by atoms with E-state index in [0.717, 1.165) is 6.42 Å². The van der Waals surface area contributed by atoms with E-state index in [9.17, 15) is 4.79 Å². The molecule has 0 aromatic rings. The molecule has 1 N–H and O–H groups in total. The summed E-state index contributed by atoms with van der Waals surface area (Å²) in [5.41, 5.74) is -0.233. The lowest BCUT2D eigenvalue weighted by molar-refractivity contribution is -0.152. The van der Waals surface area contributed by atoms with Crippen LogP contribution in [0.4, 0.5) is 0 Å². The molecule has 1 aliphatic heterocycles. The maximum absolute atomic E-state index is 10.4. The molecule has 3 heteroatoms. The van der Waals surface area contributed by atoms with Crippen molar-refractivity contribution < 1.29 is 14.6 Å². The van der Waals surface area contributed by atoms with Crippen LogP contribution < -0.4 is 0 Å². The molecule has 1 heterocycles. The predicted molar refractivity (Wildman–Crippen MR) is 35.8 cm³/mol. The summed E-state index contributed by atoms with van der Waals surface area (Å²) in [5.74, 6) is -0.842. The third kappa shape index (κ3) is 1.48. The molecule has 0 radical (unpaired) electrons. The van der Waals surface area contributed by atoms with Crippen LogP contribution in [0.15, 0.2) is 0 Å². The first kappa shape index (κ1) is 7.54. The van der Waals surface area contributed by atoms with Gasteiger partial charge in [-0.3, -0.25) is 0 Å². The van der Waals surface area contributed by atoms with Gasteiger partial charge in [0, 0.05) is 0 Å². The van der Waals surface area contributed by atoms with E-state index in [2.05, 4.69) is 0 Å². The van der Waals surface area contributed by atoms with E-state index in [1.165, 1.54) is 0 Å². The minimum Gasteiger partial charge on any atom is -0.479 e. The fourth-order valence-electron chi connectivity index (χ4n) is 1.16. The van der Waals surface area contributed by atoms with Gasteiger partial charge in [-0.2, -0.15) is 0 Å². The quantitative estimate of drug-likeness (QED) is 0.597. The Balaban J connectivity index is 2.51. The molecule has 58 valence electrons. The highest BCUT2D eigenvalue weighted by molar-refractivity contribution is 5.72. The molecular weight excluding hydrogens is 132 g/mol. The molecule has 0 amide bonds. The van der Waals surface area contributed by atoms with Crippen LogP contribution in [0.1, 0.15) is 26.7 Å². The number of rotatable bonds is 1. The standard InChI is InChI=1S/C7H12O3/c1-7(2)4-3-5(10-7)6(8)9/h5H,3-4H2,1-2H3,(H,8,9). The first-order chi connectivity index (χ1) is 4.51. The minimum atomic E-state index is -0.842. The monoisotopic (exact) mass is 144 g/mol. The Kier molecular flexibility index (Phi) is 1.68. The average Bonchev–Trinajstić information content (AvgIpc) is 2.10. The van der Waals surface area contributed by atoms with E-state index in [1.807, 2.05) is 13.8 Å². The van der Waals surface area contributed by atoms with E-state index in [-0.39, 0.29) is 5.60 Å². The first-order valence-corrected chi connectivity index (χ1v) is 3.42. The number of hydrogen-bond donors (Lipinski definition) is 1.